The van der Waals surface area contributed by atoms with Crippen LogP contribution >= 0.6 is 0 Å². The van der Waals surface area contributed by atoms with E-state index >= 15 is 0 Å². The van der Waals surface area contributed by atoms with Crippen molar-refractivity contribution >= 4 is 23.9 Å². The topological polar surface area (TPSA) is 71.8 Å². The number of fused-ring (bicyclic) bond motifs is 1. The zero-order chi connectivity index (χ0) is 18.6. The van der Waals surface area contributed by atoms with Crippen molar-refractivity contribution < 1.29 is 4.79 Å². The van der Waals surface area contributed by atoms with Crippen LogP contribution in [0, 0.1) is 0 Å². The predicted molar refractivity (Wildman–Crippen MR) is 106 cm³/mol. The average Bonchev–Trinajstić information content (AvgIpc) is 3.09. The Morgan fingerprint density at radius 2 is 1.81 bits per heavy atom. The number of aromatic nitrogens is 3. The van der Waals surface area contributed by atoms with E-state index in [-0.39, 0.29) is 17.9 Å². The van der Waals surface area contributed by atoms with Gasteiger partial charge in [-0.15, -0.1) is 5.10 Å². The maximum Gasteiger partial charge on any atom is 0.250 e. The van der Waals surface area contributed by atoms with Crippen molar-refractivity contribution in [3.63, 3.8) is 0 Å². The summed E-state index contributed by atoms with van der Waals surface area (Å²) in [7, 11) is 0. The lowest BCUT2D eigenvalue weighted by Gasteiger charge is -2.22. The molecule has 1 amide bonds. The van der Waals surface area contributed by atoms with Crippen LogP contribution in [0.1, 0.15) is 24.1 Å². The van der Waals surface area contributed by atoms with E-state index < -0.39 is 0 Å². The molecule has 0 radical (unpaired) electrons. The summed E-state index contributed by atoms with van der Waals surface area (Å²) in [4.78, 5) is 16.6. The van der Waals surface area contributed by atoms with Crippen LogP contribution in [0.2, 0.25) is 0 Å². The molecular weight excluding hydrogens is 338 g/mol. The van der Waals surface area contributed by atoms with Gasteiger partial charge in [-0.1, -0.05) is 60.7 Å². The minimum absolute atomic E-state index is 0.0690. The molecule has 4 rings (SSSR count). The molecule has 2 aromatic carbocycles. The third-order valence-corrected chi connectivity index (χ3v) is 4.21. The van der Waals surface area contributed by atoms with Crippen LogP contribution in [0.15, 0.2) is 78.5 Å². The van der Waals surface area contributed by atoms with Crippen LogP contribution in [-0.2, 0) is 4.79 Å². The van der Waals surface area contributed by atoms with Gasteiger partial charge >= 0.3 is 0 Å². The number of nitrogens with one attached hydrogen (secondary N) is 2. The van der Waals surface area contributed by atoms with Crippen LogP contribution in [0.4, 0.5) is 11.9 Å². The zero-order valence-electron chi connectivity index (χ0n) is 14.8. The second-order valence-corrected chi connectivity index (χ2v) is 6.27. The zero-order valence-corrected chi connectivity index (χ0v) is 14.8. The number of benzene rings is 2. The fourth-order valence-electron chi connectivity index (χ4n) is 2.96. The molecule has 0 unspecified atom stereocenters. The molecule has 0 bridgehead atoms. The fraction of sp³-hybridized carbons (Fsp3) is 0.0952. The summed E-state index contributed by atoms with van der Waals surface area (Å²) >= 11 is 0. The van der Waals surface area contributed by atoms with E-state index in [1.54, 1.807) is 10.8 Å². The number of carbonyl (C=O) groups excluding carboxylic acids is 1. The number of hydrogen-bond acceptors (Lipinski definition) is 4. The van der Waals surface area contributed by atoms with Gasteiger partial charge in [0.25, 0.3) is 11.9 Å². The summed E-state index contributed by atoms with van der Waals surface area (Å²) in [6.45, 7) is 1.98. The maximum atomic E-state index is 12.2. The molecule has 0 aliphatic carbocycles. The lowest BCUT2D eigenvalue weighted by atomic mass is 10.1. The van der Waals surface area contributed by atoms with E-state index in [0.717, 1.165) is 16.8 Å². The van der Waals surface area contributed by atoms with E-state index in [4.69, 9.17) is 0 Å². The van der Waals surface area contributed by atoms with Crippen LogP contribution in [0.25, 0.3) is 6.08 Å². The Hall–Kier alpha value is -3.67. The first-order valence-corrected chi connectivity index (χ1v) is 8.70. The van der Waals surface area contributed by atoms with Gasteiger partial charge in [0.15, 0.2) is 0 Å². The molecule has 3 aromatic rings. The van der Waals surface area contributed by atoms with Gasteiger partial charge in [-0.05, 0) is 30.2 Å². The van der Waals surface area contributed by atoms with Gasteiger partial charge in [-0.3, -0.25) is 10.1 Å². The SMILES string of the molecule is CC1=C[C@@H](c2ccccc2)n2nc(NC(=O)/C=C/c3ccccc3)nc2N1. The first-order chi connectivity index (χ1) is 13.2. The van der Waals surface area contributed by atoms with Crippen LogP contribution in [0.5, 0.6) is 0 Å². The number of amides is 1. The largest absolute Gasteiger partial charge is 0.329 e. The van der Waals surface area contributed by atoms with E-state index in [0.29, 0.717) is 5.95 Å². The molecule has 0 spiro atoms. The summed E-state index contributed by atoms with van der Waals surface area (Å²) in [5.74, 6) is 0.596. The first kappa shape index (κ1) is 16.8. The molecule has 1 atom stereocenters. The Labute approximate surface area is 157 Å². The second kappa shape index (κ2) is 7.29. The molecule has 6 nitrogen and oxygen atoms in total. The standard InChI is InChI=1S/C21H19N5O/c1-15-14-18(17-10-6-3-7-11-17)26-21(22-15)24-20(25-26)23-19(27)13-12-16-8-4-2-5-9-16/h2-14,18H,1H3,(H2,22,23,24,25,27)/b13-12+/t18-/m0/s1. The molecule has 0 saturated heterocycles. The van der Waals surface area contributed by atoms with Gasteiger partial charge in [0.2, 0.25) is 5.95 Å². The predicted octanol–water partition coefficient (Wildman–Crippen LogP) is 3.85. The van der Waals surface area contributed by atoms with Crippen LogP contribution in [0.3, 0.4) is 0 Å². The highest BCUT2D eigenvalue weighted by Gasteiger charge is 2.23. The minimum Gasteiger partial charge on any atom is -0.329 e. The van der Waals surface area contributed by atoms with Crippen molar-refractivity contribution in [1.29, 1.82) is 0 Å². The van der Waals surface area contributed by atoms with Gasteiger partial charge in [0.05, 0.1) is 0 Å². The minimum atomic E-state index is -0.275. The molecule has 1 aromatic heterocycles. The fourth-order valence-corrected chi connectivity index (χ4v) is 2.96. The number of allylic oxidation sites excluding steroid dienone is 2. The average molecular weight is 357 g/mol. The molecule has 2 N–H and O–H groups in total. The lowest BCUT2D eigenvalue weighted by Crippen LogP contribution is -2.19. The number of carbonyl (C=O) groups is 1. The van der Waals surface area contributed by atoms with Gasteiger partial charge in [0.1, 0.15) is 6.04 Å². The molecule has 1 aliphatic heterocycles. The van der Waals surface area contributed by atoms with Crippen LogP contribution < -0.4 is 10.6 Å². The number of anilines is 2. The van der Waals surface area contributed by atoms with E-state index in [9.17, 15) is 4.79 Å². The third-order valence-electron chi connectivity index (χ3n) is 4.21. The van der Waals surface area contributed by atoms with Crippen molar-refractivity contribution in [3.05, 3.63) is 89.6 Å². The number of hydrogen-bond donors (Lipinski definition) is 2. The Morgan fingerprint density at radius 3 is 2.56 bits per heavy atom. The van der Waals surface area contributed by atoms with E-state index in [1.165, 1.54) is 6.08 Å². The monoisotopic (exact) mass is 357 g/mol. The van der Waals surface area contributed by atoms with Crippen molar-refractivity contribution in [3.8, 4) is 0 Å². The molecule has 0 saturated carbocycles. The smallest absolute Gasteiger partial charge is 0.250 e. The molecular formula is C21H19N5O. The summed E-state index contributed by atoms with van der Waals surface area (Å²) in [6.07, 6.45) is 5.31. The van der Waals surface area contributed by atoms with Crippen molar-refractivity contribution in [2.45, 2.75) is 13.0 Å². The van der Waals surface area contributed by atoms with Crippen LogP contribution in [-0.4, -0.2) is 20.7 Å². The Kier molecular flexibility index (Phi) is 4.53. The first-order valence-electron chi connectivity index (χ1n) is 8.70. The summed E-state index contributed by atoms with van der Waals surface area (Å²) < 4.78 is 1.78. The maximum absolute atomic E-state index is 12.2. The van der Waals surface area contributed by atoms with Gasteiger partial charge in [-0.25, -0.2) is 4.68 Å². The summed E-state index contributed by atoms with van der Waals surface area (Å²) in [6, 6.07) is 19.6. The molecule has 0 fully saturated rings. The van der Waals surface area contributed by atoms with Crippen molar-refractivity contribution in [1.82, 2.24) is 14.8 Å². The van der Waals surface area contributed by atoms with E-state index in [1.807, 2.05) is 67.6 Å². The third kappa shape index (κ3) is 3.79. The highest BCUT2D eigenvalue weighted by atomic mass is 16.1. The van der Waals surface area contributed by atoms with Crippen molar-refractivity contribution in [2.75, 3.05) is 10.6 Å². The lowest BCUT2D eigenvalue weighted by molar-refractivity contribution is -0.111. The van der Waals surface area contributed by atoms with Gasteiger partial charge in [0, 0.05) is 11.8 Å². The highest BCUT2D eigenvalue weighted by Crippen LogP contribution is 2.29. The normalized spacial score (nSPS) is 15.7. The highest BCUT2D eigenvalue weighted by molar-refractivity contribution is 6.00. The van der Waals surface area contributed by atoms with Gasteiger partial charge < -0.3 is 5.32 Å². The molecule has 27 heavy (non-hydrogen) atoms. The van der Waals surface area contributed by atoms with Crippen molar-refractivity contribution in [2.24, 2.45) is 0 Å². The summed E-state index contributed by atoms with van der Waals surface area (Å²) in [5, 5.41) is 10.4. The number of nitrogens with zero attached hydrogens (tertiary/aromatic N) is 3. The second-order valence-electron chi connectivity index (χ2n) is 6.27. The Balaban J connectivity index is 1.54. The number of rotatable bonds is 4. The Morgan fingerprint density at radius 1 is 1.11 bits per heavy atom. The molecule has 6 heteroatoms. The Bertz CT molecular complexity index is 1010. The molecule has 2 heterocycles. The molecule has 1 aliphatic rings. The summed E-state index contributed by atoms with van der Waals surface area (Å²) in [5.41, 5.74) is 3.05. The molecule has 134 valence electrons. The van der Waals surface area contributed by atoms with Gasteiger partial charge in [-0.2, -0.15) is 4.98 Å². The van der Waals surface area contributed by atoms with E-state index in [2.05, 4.69) is 26.8 Å². The quantitative estimate of drug-likeness (QED) is 0.696.